The summed E-state index contributed by atoms with van der Waals surface area (Å²) >= 11 is 0. The molecule has 0 saturated carbocycles. The maximum Gasteiger partial charge on any atom is 0.150 e. The van der Waals surface area contributed by atoms with Crippen molar-refractivity contribution in [3.63, 3.8) is 0 Å². The zero-order chi connectivity index (χ0) is 12.2. The van der Waals surface area contributed by atoms with Crippen molar-refractivity contribution in [2.45, 2.75) is 46.0 Å². The molecule has 2 atom stereocenters. The minimum Gasteiger partial charge on any atom is -0.300 e. The number of Topliss-reactive ketones (excluding diaryl/α,β-unsaturated/α-hetero) is 1. The molecule has 0 aromatic heterocycles. The van der Waals surface area contributed by atoms with Gasteiger partial charge in [0.05, 0.1) is 11.5 Å². The number of carbonyl (C=O) groups excluding carboxylic acids is 1. The Labute approximate surface area is 98.5 Å². The van der Waals surface area contributed by atoms with E-state index in [0.29, 0.717) is 25.2 Å². The van der Waals surface area contributed by atoms with E-state index < -0.39 is 9.84 Å². The first-order valence-electron chi connectivity index (χ1n) is 6.15. The molecule has 0 spiro atoms. The molecule has 1 aliphatic heterocycles. The van der Waals surface area contributed by atoms with Gasteiger partial charge in [-0.15, -0.1) is 0 Å². The van der Waals surface area contributed by atoms with Crippen LogP contribution in [-0.4, -0.2) is 25.7 Å². The lowest BCUT2D eigenvalue weighted by atomic mass is 9.94. The molecule has 1 rings (SSSR count). The van der Waals surface area contributed by atoms with Crippen molar-refractivity contribution in [1.29, 1.82) is 0 Å². The van der Waals surface area contributed by atoms with Crippen LogP contribution in [0.5, 0.6) is 0 Å². The van der Waals surface area contributed by atoms with Gasteiger partial charge in [-0.3, -0.25) is 4.79 Å². The summed E-state index contributed by atoms with van der Waals surface area (Å²) in [5, 5.41) is 0. The Morgan fingerprint density at radius 3 is 2.62 bits per heavy atom. The topological polar surface area (TPSA) is 51.2 Å². The smallest absolute Gasteiger partial charge is 0.150 e. The molecule has 0 aromatic carbocycles. The van der Waals surface area contributed by atoms with Crippen LogP contribution in [0.2, 0.25) is 0 Å². The molecule has 1 heterocycles. The summed E-state index contributed by atoms with van der Waals surface area (Å²) in [4.78, 5) is 11.7. The predicted molar refractivity (Wildman–Crippen MR) is 65.1 cm³/mol. The van der Waals surface area contributed by atoms with Crippen LogP contribution in [-0.2, 0) is 14.6 Å². The van der Waals surface area contributed by atoms with E-state index in [1.165, 1.54) is 0 Å². The first kappa shape index (κ1) is 13.7. The van der Waals surface area contributed by atoms with Crippen LogP contribution in [0.3, 0.4) is 0 Å². The largest absolute Gasteiger partial charge is 0.300 e. The maximum absolute atomic E-state index is 11.7. The van der Waals surface area contributed by atoms with Crippen LogP contribution in [0.1, 0.15) is 46.0 Å². The van der Waals surface area contributed by atoms with E-state index in [1.54, 1.807) is 0 Å². The van der Waals surface area contributed by atoms with Gasteiger partial charge in [0.25, 0.3) is 0 Å². The first-order valence-corrected chi connectivity index (χ1v) is 7.97. The highest BCUT2D eigenvalue weighted by Crippen LogP contribution is 2.23. The molecule has 16 heavy (non-hydrogen) atoms. The van der Waals surface area contributed by atoms with Crippen molar-refractivity contribution in [3.8, 4) is 0 Å². The molecular weight excluding hydrogens is 224 g/mol. The number of rotatable bonds is 6. The molecule has 3 nitrogen and oxygen atoms in total. The van der Waals surface area contributed by atoms with E-state index in [-0.39, 0.29) is 23.2 Å². The minimum atomic E-state index is -2.83. The fourth-order valence-corrected chi connectivity index (χ4v) is 4.28. The lowest BCUT2D eigenvalue weighted by Gasteiger charge is -2.11. The molecule has 1 fully saturated rings. The lowest BCUT2D eigenvalue weighted by molar-refractivity contribution is -0.120. The van der Waals surface area contributed by atoms with Crippen molar-refractivity contribution in [2.75, 3.05) is 11.5 Å². The molecule has 0 bridgehead atoms. The Kier molecular flexibility index (Phi) is 4.96. The fraction of sp³-hybridized carbons (Fsp3) is 0.917. The second-order valence-corrected chi connectivity index (χ2v) is 7.34. The number of ketones is 1. The third-order valence-corrected chi connectivity index (χ3v) is 5.04. The van der Waals surface area contributed by atoms with Gasteiger partial charge in [-0.1, -0.05) is 26.7 Å². The normalized spacial score (nSPS) is 25.5. The van der Waals surface area contributed by atoms with Crippen LogP contribution < -0.4 is 0 Å². The van der Waals surface area contributed by atoms with E-state index in [1.807, 2.05) is 0 Å². The quantitative estimate of drug-likeness (QED) is 0.722. The molecule has 0 aromatic rings. The summed E-state index contributed by atoms with van der Waals surface area (Å²) in [5.74, 6) is 1.26. The number of sulfone groups is 1. The Bertz CT molecular complexity index is 332. The number of carbonyl (C=O) groups is 1. The summed E-state index contributed by atoms with van der Waals surface area (Å²) in [6.07, 6.45) is 3.94. The van der Waals surface area contributed by atoms with E-state index in [2.05, 4.69) is 13.8 Å². The number of hydrogen-bond donors (Lipinski definition) is 0. The Morgan fingerprint density at radius 1 is 1.44 bits per heavy atom. The summed E-state index contributed by atoms with van der Waals surface area (Å²) in [6.45, 7) is 4.21. The van der Waals surface area contributed by atoms with Crippen LogP contribution in [0.4, 0.5) is 0 Å². The lowest BCUT2D eigenvalue weighted by Crippen LogP contribution is -2.12. The predicted octanol–water partition coefficient (Wildman–Crippen LogP) is 2.21. The van der Waals surface area contributed by atoms with Gasteiger partial charge in [0.15, 0.2) is 9.84 Å². The highest BCUT2D eigenvalue weighted by molar-refractivity contribution is 7.91. The van der Waals surface area contributed by atoms with Crippen LogP contribution >= 0.6 is 0 Å². The molecule has 0 radical (unpaired) electrons. The average molecular weight is 246 g/mol. The van der Waals surface area contributed by atoms with Gasteiger partial charge in [-0.25, -0.2) is 8.42 Å². The van der Waals surface area contributed by atoms with Gasteiger partial charge in [0.1, 0.15) is 5.78 Å². The second kappa shape index (κ2) is 5.80. The molecule has 0 N–H and O–H groups in total. The van der Waals surface area contributed by atoms with E-state index in [9.17, 15) is 13.2 Å². The highest BCUT2D eigenvalue weighted by Gasteiger charge is 2.29. The summed E-state index contributed by atoms with van der Waals surface area (Å²) in [6, 6.07) is 0. The van der Waals surface area contributed by atoms with Crippen molar-refractivity contribution >= 4 is 15.6 Å². The molecule has 1 saturated heterocycles. The average Bonchev–Trinajstić information content (AvgIpc) is 2.45. The zero-order valence-corrected chi connectivity index (χ0v) is 11.1. The molecule has 0 amide bonds. The van der Waals surface area contributed by atoms with Crippen LogP contribution in [0.25, 0.3) is 0 Å². The van der Waals surface area contributed by atoms with Crippen molar-refractivity contribution in [1.82, 2.24) is 0 Å². The van der Waals surface area contributed by atoms with Crippen LogP contribution in [0.15, 0.2) is 0 Å². The zero-order valence-electron chi connectivity index (χ0n) is 10.2. The van der Waals surface area contributed by atoms with Crippen molar-refractivity contribution < 1.29 is 13.2 Å². The van der Waals surface area contributed by atoms with Gasteiger partial charge in [0.2, 0.25) is 0 Å². The third kappa shape index (κ3) is 4.64. The van der Waals surface area contributed by atoms with E-state index in [0.717, 1.165) is 12.8 Å². The summed E-state index contributed by atoms with van der Waals surface area (Å²) in [5.41, 5.74) is 0. The highest BCUT2D eigenvalue weighted by atomic mass is 32.2. The van der Waals surface area contributed by atoms with Gasteiger partial charge in [-0.2, -0.15) is 0 Å². The molecule has 4 heteroatoms. The van der Waals surface area contributed by atoms with Gasteiger partial charge in [0, 0.05) is 12.8 Å². The Hall–Kier alpha value is -0.380. The van der Waals surface area contributed by atoms with Crippen molar-refractivity contribution in [2.24, 2.45) is 11.8 Å². The molecule has 1 aliphatic rings. The van der Waals surface area contributed by atoms with E-state index in [4.69, 9.17) is 0 Å². The summed E-state index contributed by atoms with van der Waals surface area (Å²) < 4.78 is 22.5. The molecule has 2 unspecified atom stereocenters. The Morgan fingerprint density at radius 2 is 2.12 bits per heavy atom. The molecule has 94 valence electrons. The number of hydrogen-bond acceptors (Lipinski definition) is 3. The maximum atomic E-state index is 11.7. The summed E-state index contributed by atoms with van der Waals surface area (Å²) in [7, 11) is -2.83. The van der Waals surface area contributed by atoms with Crippen molar-refractivity contribution in [3.05, 3.63) is 0 Å². The van der Waals surface area contributed by atoms with Gasteiger partial charge in [-0.05, 0) is 18.3 Å². The monoisotopic (exact) mass is 246 g/mol. The SMILES string of the molecule is CCCC(C)CC(=O)CC1CCS(=O)(=O)C1. The standard InChI is InChI=1S/C12H22O3S/c1-3-4-10(2)7-12(13)8-11-5-6-16(14,15)9-11/h10-11H,3-9H2,1-2H3. The van der Waals surface area contributed by atoms with Gasteiger partial charge >= 0.3 is 0 Å². The second-order valence-electron chi connectivity index (χ2n) is 5.11. The molecule has 0 aliphatic carbocycles. The minimum absolute atomic E-state index is 0.0892. The van der Waals surface area contributed by atoms with Crippen LogP contribution in [0, 0.1) is 11.8 Å². The first-order chi connectivity index (χ1) is 7.43. The third-order valence-electron chi connectivity index (χ3n) is 3.20. The Balaban J connectivity index is 2.30. The molecular formula is C12H22O3S. The fourth-order valence-electron chi connectivity index (χ4n) is 2.42. The van der Waals surface area contributed by atoms with Gasteiger partial charge < -0.3 is 0 Å². The van der Waals surface area contributed by atoms with E-state index >= 15 is 0 Å².